The second-order valence-corrected chi connectivity index (χ2v) is 16.1. The van der Waals surface area contributed by atoms with Gasteiger partial charge in [0.1, 0.15) is 16.3 Å². The average Bonchev–Trinajstić information content (AvgIpc) is 3.65. The van der Waals surface area contributed by atoms with E-state index in [0.29, 0.717) is 42.6 Å². The number of hydrogen-bond acceptors (Lipinski definition) is 7. The molecule has 2 aliphatic heterocycles. The Balaban J connectivity index is 1.29. The summed E-state index contributed by atoms with van der Waals surface area (Å²) in [6, 6.07) is 8.92. The van der Waals surface area contributed by atoms with Gasteiger partial charge in [-0.05, 0) is 87.0 Å². The molecule has 1 aromatic carbocycles. The fourth-order valence-electron chi connectivity index (χ4n) is 8.77. The van der Waals surface area contributed by atoms with Gasteiger partial charge in [0.2, 0.25) is 5.60 Å². The van der Waals surface area contributed by atoms with Crippen LogP contribution in [0.1, 0.15) is 103 Å². The minimum atomic E-state index is -4.91. The molecular weight excluding hydrogens is 765 g/mol. The first-order valence-corrected chi connectivity index (χ1v) is 19.9. The Kier molecular flexibility index (Phi) is 12.1. The van der Waals surface area contributed by atoms with E-state index in [1.54, 1.807) is 6.92 Å². The van der Waals surface area contributed by atoms with E-state index >= 15 is 0 Å². The van der Waals surface area contributed by atoms with Crippen molar-refractivity contribution in [3.63, 3.8) is 0 Å². The highest BCUT2D eigenvalue weighted by molar-refractivity contribution is 7.10. The highest BCUT2D eigenvalue weighted by atomic mass is 32.1. The third-order valence-corrected chi connectivity index (χ3v) is 12.6. The second-order valence-electron chi connectivity index (χ2n) is 15.2. The molecule has 3 aliphatic rings. The summed E-state index contributed by atoms with van der Waals surface area (Å²) in [5.41, 5.74) is -3.76. The standard InChI is InChI=1S/C40H45F6N3O6S/c1-2-7-31-38(55-28-23-32(56-24-28)40(44,45)46,15-6-19-49(31)34(50)33-30(39(41,42)43)10-5-18-47-33)36(53)48-20-16-37(54,17-21-48)29-9-4-3-8-27(29)22-25-11-13-26(14-12-25)35(51)52/h3-5,8-10,18,23-26,31,54H,2,6-7,11-17,19-22H2,1H3,(H,51,52)/t25-,26+,31-,38+/m1/s1. The maximum absolute atomic E-state index is 15.0. The Hall–Kier alpha value is -4.18. The summed E-state index contributed by atoms with van der Waals surface area (Å²) in [6.45, 7) is 1.78. The molecule has 4 heterocycles. The summed E-state index contributed by atoms with van der Waals surface area (Å²) in [6.07, 6.45) is -4.49. The van der Waals surface area contributed by atoms with Crippen molar-refractivity contribution in [3.8, 4) is 5.75 Å². The maximum atomic E-state index is 15.0. The number of carboxylic acids is 1. The number of thiophene rings is 1. The van der Waals surface area contributed by atoms with Crippen LogP contribution in [0.5, 0.6) is 5.75 Å². The lowest BCUT2D eigenvalue weighted by Crippen LogP contribution is -2.68. The zero-order chi connectivity index (χ0) is 40.5. The number of carbonyl (C=O) groups excluding carboxylic acids is 2. The normalized spacial score (nSPS) is 24.5. The van der Waals surface area contributed by atoms with E-state index in [1.165, 1.54) is 4.90 Å². The summed E-state index contributed by atoms with van der Waals surface area (Å²) < 4.78 is 89.7. The molecule has 2 saturated heterocycles. The molecule has 9 nitrogen and oxygen atoms in total. The number of carbonyl (C=O) groups is 3. The van der Waals surface area contributed by atoms with Gasteiger partial charge in [0.15, 0.2) is 0 Å². The van der Waals surface area contributed by atoms with Crippen LogP contribution in [0.25, 0.3) is 0 Å². The molecule has 3 aromatic rings. The molecule has 2 aromatic heterocycles. The number of alkyl halides is 6. The van der Waals surface area contributed by atoms with E-state index in [9.17, 15) is 50.9 Å². The SMILES string of the molecule is CCC[C@H]1N(C(=O)c2ncccc2C(F)(F)F)CCC[C@@]1(Oc1csc(C(F)(F)F)c1)C(=O)N1CCC(O)(c2ccccc2C[C@H]2CC[C@@H](C(=O)O)CC2)CC1. The van der Waals surface area contributed by atoms with Crippen molar-refractivity contribution >= 4 is 29.1 Å². The van der Waals surface area contributed by atoms with E-state index in [0.717, 1.165) is 53.1 Å². The Labute approximate surface area is 324 Å². The van der Waals surface area contributed by atoms with Crippen molar-refractivity contribution < 1.29 is 55.7 Å². The Bertz CT molecular complexity index is 1890. The van der Waals surface area contributed by atoms with Crippen LogP contribution in [0.3, 0.4) is 0 Å². The van der Waals surface area contributed by atoms with E-state index < -0.39 is 63.5 Å². The quantitative estimate of drug-likeness (QED) is 0.198. The molecule has 1 saturated carbocycles. The largest absolute Gasteiger partial charge is 0.481 e. The van der Waals surface area contributed by atoms with Gasteiger partial charge in [0.05, 0.1) is 23.1 Å². The number of hydrogen-bond donors (Lipinski definition) is 2. The third kappa shape index (κ3) is 8.55. The summed E-state index contributed by atoms with van der Waals surface area (Å²) in [5, 5.41) is 22.7. The lowest BCUT2D eigenvalue weighted by atomic mass is 9.75. The lowest BCUT2D eigenvalue weighted by molar-refractivity contribution is -0.163. The topological polar surface area (TPSA) is 120 Å². The zero-order valence-electron chi connectivity index (χ0n) is 30.9. The van der Waals surface area contributed by atoms with Crippen LogP contribution in [0, 0.1) is 11.8 Å². The highest BCUT2D eigenvalue weighted by Crippen LogP contribution is 2.44. The predicted octanol–water partition coefficient (Wildman–Crippen LogP) is 8.35. The summed E-state index contributed by atoms with van der Waals surface area (Å²) in [7, 11) is 0. The van der Waals surface area contributed by atoms with E-state index in [4.69, 9.17) is 4.74 Å². The molecule has 2 amide bonds. The summed E-state index contributed by atoms with van der Waals surface area (Å²) in [4.78, 5) is 46.0. The lowest BCUT2D eigenvalue weighted by Gasteiger charge is -2.51. The minimum Gasteiger partial charge on any atom is -0.481 e. The fraction of sp³-hybridized carbons (Fsp3) is 0.550. The number of piperidine rings is 2. The number of halogens is 6. The monoisotopic (exact) mass is 809 g/mol. The Morgan fingerprint density at radius 2 is 1.64 bits per heavy atom. The predicted molar refractivity (Wildman–Crippen MR) is 194 cm³/mol. The summed E-state index contributed by atoms with van der Waals surface area (Å²) in [5.74, 6) is -2.85. The first-order chi connectivity index (χ1) is 26.5. The van der Waals surface area contributed by atoms with E-state index in [2.05, 4.69) is 4.98 Å². The molecule has 304 valence electrons. The van der Waals surface area contributed by atoms with Crippen LogP contribution in [0.15, 0.2) is 54.0 Å². The molecular formula is C40H45F6N3O6S. The van der Waals surface area contributed by atoms with Crippen molar-refractivity contribution in [2.24, 2.45) is 11.8 Å². The van der Waals surface area contributed by atoms with Gasteiger partial charge >= 0.3 is 18.3 Å². The van der Waals surface area contributed by atoms with Gasteiger partial charge < -0.3 is 24.7 Å². The number of aliphatic carboxylic acids is 1. The smallest absolute Gasteiger partial charge is 0.425 e. The van der Waals surface area contributed by atoms with Crippen LogP contribution in [0.2, 0.25) is 0 Å². The van der Waals surface area contributed by atoms with Crippen molar-refractivity contribution in [2.45, 2.75) is 107 Å². The summed E-state index contributed by atoms with van der Waals surface area (Å²) >= 11 is 0.377. The van der Waals surface area contributed by atoms with Gasteiger partial charge in [-0.2, -0.15) is 26.3 Å². The van der Waals surface area contributed by atoms with E-state index in [1.807, 2.05) is 24.3 Å². The van der Waals surface area contributed by atoms with Crippen LogP contribution in [-0.4, -0.2) is 74.1 Å². The molecule has 0 bridgehead atoms. The number of pyridine rings is 1. The molecule has 16 heteroatoms. The van der Waals surface area contributed by atoms with E-state index in [-0.39, 0.29) is 69.3 Å². The number of nitrogens with zero attached hydrogens (tertiary/aromatic N) is 3. The van der Waals surface area contributed by atoms with Crippen molar-refractivity contribution in [3.05, 3.63) is 81.3 Å². The Morgan fingerprint density at radius 3 is 2.27 bits per heavy atom. The highest BCUT2D eigenvalue weighted by Gasteiger charge is 2.57. The molecule has 0 unspecified atom stereocenters. The maximum Gasteiger partial charge on any atom is 0.425 e. The van der Waals surface area contributed by atoms with Gasteiger partial charge in [-0.25, -0.2) is 0 Å². The number of ether oxygens (including phenoxy) is 1. The van der Waals surface area contributed by atoms with Crippen LogP contribution in [0.4, 0.5) is 26.3 Å². The van der Waals surface area contributed by atoms with Gasteiger partial charge in [-0.3, -0.25) is 19.4 Å². The number of aromatic nitrogens is 1. The first kappa shape index (κ1) is 41.5. The van der Waals surface area contributed by atoms with Crippen LogP contribution < -0.4 is 4.74 Å². The number of rotatable bonds is 10. The minimum absolute atomic E-state index is 0.0282. The first-order valence-electron chi connectivity index (χ1n) is 19.0. The zero-order valence-corrected chi connectivity index (χ0v) is 31.7. The number of carboxylic acid groups (broad SMARTS) is 1. The van der Waals surface area contributed by atoms with Gasteiger partial charge in [0.25, 0.3) is 11.8 Å². The molecule has 56 heavy (non-hydrogen) atoms. The number of likely N-dealkylation sites (tertiary alicyclic amines) is 2. The Morgan fingerprint density at radius 1 is 0.946 bits per heavy atom. The van der Waals surface area contributed by atoms with Crippen molar-refractivity contribution in [1.29, 1.82) is 0 Å². The van der Waals surface area contributed by atoms with Gasteiger partial charge in [-0.1, -0.05) is 37.6 Å². The average molecular weight is 810 g/mol. The molecule has 1 aliphatic carbocycles. The number of aliphatic hydroxyl groups is 1. The third-order valence-electron chi connectivity index (χ3n) is 11.6. The number of amides is 2. The van der Waals surface area contributed by atoms with Crippen molar-refractivity contribution in [2.75, 3.05) is 19.6 Å². The number of benzene rings is 1. The molecule has 2 atom stereocenters. The second kappa shape index (κ2) is 16.4. The molecule has 3 fully saturated rings. The van der Waals surface area contributed by atoms with Crippen molar-refractivity contribution in [1.82, 2.24) is 14.8 Å². The van der Waals surface area contributed by atoms with Gasteiger partial charge in [0, 0.05) is 43.7 Å². The molecule has 0 radical (unpaired) electrons. The molecule has 0 spiro atoms. The van der Waals surface area contributed by atoms with Crippen LogP contribution >= 0.6 is 11.3 Å². The fourth-order valence-corrected chi connectivity index (χ4v) is 9.45. The van der Waals surface area contributed by atoms with Gasteiger partial charge in [-0.15, -0.1) is 11.3 Å². The van der Waals surface area contributed by atoms with Crippen LogP contribution in [-0.2, 0) is 34.0 Å². The molecule has 2 N–H and O–H groups in total. The molecule has 6 rings (SSSR count).